The van der Waals surface area contributed by atoms with Gasteiger partial charge < -0.3 is 0 Å². The van der Waals surface area contributed by atoms with Crippen LogP contribution in [0.15, 0.2) is 34.4 Å². The van der Waals surface area contributed by atoms with Crippen LogP contribution in [0.1, 0.15) is 0 Å². The van der Waals surface area contributed by atoms with E-state index in [0.717, 1.165) is 16.2 Å². The summed E-state index contributed by atoms with van der Waals surface area (Å²) in [7, 11) is 0. The molecule has 0 aliphatic heterocycles. The first-order valence-electron chi connectivity index (χ1n) is 2.72. The predicted molar refractivity (Wildman–Crippen MR) is 50.1 cm³/mol. The Balaban J connectivity index is 0.000000500. The molecule has 1 atom stereocenters. The van der Waals surface area contributed by atoms with Crippen LogP contribution in [0.25, 0.3) is 0 Å². The SMILES string of the molecule is ClC1=C2C=CC(=C1)C2Cl.S. The second kappa shape index (κ2) is 2.65. The molecular formula is C7H6Cl2S. The van der Waals surface area contributed by atoms with E-state index in [9.17, 15) is 0 Å². The van der Waals surface area contributed by atoms with Crippen LogP contribution >= 0.6 is 36.7 Å². The van der Waals surface area contributed by atoms with Gasteiger partial charge in [-0.15, -0.1) is 11.6 Å². The summed E-state index contributed by atoms with van der Waals surface area (Å²) in [5.41, 5.74) is 2.17. The van der Waals surface area contributed by atoms with Crippen LogP contribution in [-0.2, 0) is 0 Å². The zero-order valence-electron chi connectivity index (χ0n) is 5.07. The lowest BCUT2D eigenvalue weighted by Gasteiger charge is -1.95. The molecule has 0 fully saturated rings. The first-order chi connectivity index (χ1) is 4.29. The summed E-state index contributed by atoms with van der Waals surface area (Å²) < 4.78 is 0. The molecule has 0 radical (unpaired) electrons. The van der Waals surface area contributed by atoms with Gasteiger partial charge in [-0.3, -0.25) is 0 Å². The molecule has 0 amide bonds. The molecular weight excluding hydrogens is 187 g/mol. The summed E-state index contributed by atoms with van der Waals surface area (Å²) in [6.45, 7) is 0. The molecule has 0 spiro atoms. The highest BCUT2D eigenvalue weighted by atomic mass is 35.5. The highest BCUT2D eigenvalue weighted by Gasteiger charge is 2.26. The van der Waals surface area contributed by atoms with E-state index < -0.39 is 0 Å². The van der Waals surface area contributed by atoms with Gasteiger partial charge in [0.05, 0.1) is 5.38 Å². The Kier molecular flexibility index (Phi) is 2.18. The third-order valence-electron chi connectivity index (χ3n) is 1.59. The fourth-order valence-corrected chi connectivity index (χ4v) is 1.77. The quantitative estimate of drug-likeness (QED) is 0.519. The summed E-state index contributed by atoms with van der Waals surface area (Å²) in [5.74, 6) is 0. The van der Waals surface area contributed by atoms with Crippen LogP contribution in [0.3, 0.4) is 0 Å². The van der Waals surface area contributed by atoms with E-state index in [2.05, 4.69) is 0 Å². The Hall–Kier alpha value is 0.150. The molecule has 3 heteroatoms. The molecule has 0 saturated heterocycles. The molecule has 2 aliphatic carbocycles. The molecule has 0 N–H and O–H groups in total. The minimum Gasteiger partial charge on any atom is -0.197 e. The van der Waals surface area contributed by atoms with Gasteiger partial charge in [-0.1, -0.05) is 23.8 Å². The second-order valence-corrected chi connectivity index (χ2v) is 2.99. The zero-order valence-corrected chi connectivity index (χ0v) is 7.58. The third-order valence-corrected chi connectivity index (χ3v) is 2.40. The normalized spacial score (nSPS) is 27.0. The van der Waals surface area contributed by atoms with Gasteiger partial charge in [0.15, 0.2) is 0 Å². The molecule has 10 heavy (non-hydrogen) atoms. The Bertz CT molecular complexity index is 250. The molecule has 0 nitrogen and oxygen atoms in total. The third kappa shape index (κ3) is 0.931. The predicted octanol–water partition coefficient (Wildman–Crippen LogP) is 2.71. The first kappa shape index (κ1) is 8.25. The van der Waals surface area contributed by atoms with Gasteiger partial charge in [0.2, 0.25) is 0 Å². The van der Waals surface area contributed by atoms with Crippen LogP contribution in [0.2, 0.25) is 0 Å². The maximum Gasteiger partial charge on any atom is 0.0850 e. The van der Waals surface area contributed by atoms with E-state index in [-0.39, 0.29) is 18.9 Å². The fourth-order valence-electron chi connectivity index (χ4n) is 1.09. The van der Waals surface area contributed by atoms with Gasteiger partial charge in [0.25, 0.3) is 0 Å². The van der Waals surface area contributed by atoms with E-state index in [4.69, 9.17) is 23.2 Å². The van der Waals surface area contributed by atoms with Crippen LogP contribution in [0.5, 0.6) is 0 Å². The number of fused-ring (bicyclic) bond motifs is 2. The topological polar surface area (TPSA) is 0 Å². The molecule has 0 heterocycles. The Labute approximate surface area is 76.6 Å². The van der Waals surface area contributed by atoms with E-state index in [0.29, 0.717) is 0 Å². The van der Waals surface area contributed by atoms with Crippen molar-refractivity contribution < 1.29 is 0 Å². The molecule has 2 rings (SSSR count). The summed E-state index contributed by atoms with van der Waals surface area (Å²) in [5, 5.41) is 0.838. The molecule has 0 aromatic rings. The molecule has 54 valence electrons. The maximum atomic E-state index is 5.90. The number of hydrogen-bond donors (Lipinski definition) is 0. The van der Waals surface area contributed by atoms with Gasteiger partial charge in [-0.25, -0.2) is 0 Å². The standard InChI is InChI=1S/C7H4Cl2.H2S/c8-6-3-4-1-2-5(6)7(4)9;/h1-3,7H;1H2. The number of allylic oxidation sites excluding steroid dienone is 6. The van der Waals surface area contributed by atoms with Crippen molar-refractivity contribution in [1.82, 2.24) is 0 Å². The van der Waals surface area contributed by atoms with Gasteiger partial charge in [0, 0.05) is 5.03 Å². The summed E-state index contributed by atoms with van der Waals surface area (Å²) in [6, 6.07) is 0. The van der Waals surface area contributed by atoms with Crippen molar-refractivity contribution in [2.75, 3.05) is 0 Å². The molecule has 1 unspecified atom stereocenters. The molecule has 0 aromatic heterocycles. The van der Waals surface area contributed by atoms with Gasteiger partial charge >= 0.3 is 0 Å². The van der Waals surface area contributed by atoms with Crippen molar-refractivity contribution in [2.24, 2.45) is 0 Å². The largest absolute Gasteiger partial charge is 0.197 e. The Morgan fingerprint density at radius 1 is 1.30 bits per heavy atom. The summed E-state index contributed by atoms with van der Waals surface area (Å²) in [6.07, 6.45) is 5.88. The lowest BCUT2D eigenvalue weighted by atomic mass is 10.3. The molecule has 2 bridgehead atoms. The second-order valence-electron chi connectivity index (χ2n) is 2.14. The minimum atomic E-state index is 0. The number of alkyl halides is 1. The van der Waals surface area contributed by atoms with Crippen LogP contribution in [-0.4, -0.2) is 5.38 Å². The summed E-state index contributed by atoms with van der Waals surface area (Å²) >= 11 is 11.7. The number of hydrogen-bond acceptors (Lipinski definition) is 0. The monoisotopic (exact) mass is 192 g/mol. The Morgan fingerprint density at radius 2 is 2.00 bits per heavy atom. The van der Waals surface area contributed by atoms with Crippen molar-refractivity contribution in [3.8, 4) is 0 Å². The molecule has 0 saturated carbocycles. The lowest BCUT2D eigenvalue weighted by Crippen LogP contribution is -1.90. The van der Waals surface area contributed by atoms with Crippen LogP contribution in [0.4, 0.5) is 0 Å². The average molecular weight is 193 g/mol. The van der Waals surface area contributed by atoms with Crippen molar-refractivity contribution in [3.05, 3.63) is 34.4 Å². The highest BCUT2D eigenvalue weighted by Crippen LogP contribution is 2.38. The van der Waals surface area contributed by atoms with Gasteiger partial charge in [-0.05, 0) is 17.2 Å². The van der Waals surface area contributed by atoms with Crippen molar-refractivity contribution in [1.29, 1.82) is 0 Å². The van der Waals surface area contributed by atoms with E-state index in [1.165, 1.54) is 0 Å². The molecule has 0 aromatic carbocycles. The molecule has 2 aliphatic rings. The Morgan fingerprint density at radius 3 is 2.20 bits per heavy atom. The number of rotatable bonds is 0. The van der Waals surface area contributed by atoms with Gasteiger partial charge in [0.1, 0.15) is 0 Å². The summed E-state index contributed by atoms with van der Waals surface area (Å²) in [4.78, 5) is 0. The zero-order chi connectivity index (χ0) is 6.43. The van der Waals surface area contributed by atoms with E-state index in [1.807, 2.05) is 18.2 Å². The fraction of sp³-hybridized carbons (Fsp3) is 0.143. The minimum absolute atomic E-state index is 0. The van der Waals surface area contributed by atoms with Crippen molar-refractivity contribution in [3.63, 3.8) is 0 Å². The van der Waals surface area contributed by atoms with Crippen molar-refractivity contribution >= 4 is 36.7 Å². The maximum absolute atomic E-state index is 5.90. The lowest BCUT2D eigenvalue weighted by molar-refractivity contribution is 1.32. The highest BCUT2D eigenvalue weighted by molar-refractivity contribution is 7.59. The first-order valence-corrected chi connectivity index (χ1v) is 3.54. The van der Waals surface area contributed by atoms with Gasteiger partial charge in [-0.2, -0.15) is 13.5 Å². The van der Waals surface area contributed by atoms with E-state index >= 15 is 0 Å². The van der Waals surface area contributed by atoms with Crippen LogP contribution < -0.4 is 0 Å². The average Bonchev–Trinajstić information content (AvgIpc) is 2.25. The van der Waals surface area contributed by atoms with Crippen molar-refractivity contribution in [2.45, 2.75) is 5.38 Å². The van der Waals surface area contributed by atoms with E-state index in [1.54, 1.807) is 0 Å². The van der Waals surface area contributed by atoms with Crippen LogP contribution in [0, 0.1) is 0 Å². The number of halogens is 2. The smallest absolute Gasteiger partial charge is 0.0850 e.